The van der Waals surface area contributed by atoms with Crippen LogP contribution >= 0.6 is 22.9 Å². The summed E-state index contributed by atoms with van der Waals surface area (Å²) in [5.74, 6) is 0. The zero-order valence-electron chi connectivity index (χ0n) is 7.45. The van der Waals surface area contributed by atoms with E-state index in [2.05, 4.69) is 4.98 Å². The average molecular weight is 219 g/mol. The number of nitrogens with zero attached hydrogens (tertiary/aromatic N) is 1. The standard InChI is InChI=1S/C8H11ClN2OS/c1-5(10)3-4-6-7(9)11-8(12-2)13-6/h3-5H,10H2,1-2H3/b4-3+. The summed E-state index contributed by atoms with van der Waals surface area (Å²) in [6.45, 7) is 1.89. The number of ether oxygens (including phenoxy) is 1. The van der Waals surface area contributed by atoms with Crippen LogP contribution in [0, 0.1) is 0 Å². The van der Waals surface area contributed by atoms with Gasteiger partial charge in [-0.2, -0.15) is 4.98 Å². The number of halogens is 1. The topological polar surface area (TPSA) is 48.1 Å². The van der Waals surface area contributed by atoms with Gasteiger partial charge in [0.15, 0.2) is 5.15 Å². The van der Waals surface area contributed by atoms with Gasteiger partial charge in [-0.25, -0.2) is 0 Å². The SMILES string of the molecule is COc1nc(Cl)c(/C=C/C(C)N)s1. The molecule has 0 aliphatic rings. The first-order valence-corrected chi connectivity index (χ1v) is 4.97. The molecule has 1 rings (SSSR count). The van der Waals surface area contributed by atoms with Crippen LogP contribution in [0.25, 0.3) is 6.08 Å². The molecule has 2 N–H and O–H groups in total. The van der Waals surface area contributed by atoms with Gasteiger partial charge in [0, 0.05) is 6.04 Å². The Hall–Kier alpha value is -0.580. The van der Waals surface area contributed by atoms with Crippen molar-refractivity contribution in [2.75, 3.05) is 7.11 Å². The minimum atomic E-state index is 0.0177. The minimum Gasteiger partial charge on any atom is -0.473 e. The average Bonchev–Trinajstić information content (AvgIpc) is 2.43. The van der Waals surface area contributed by atoms with Gasteiger partial charge >= 0.3 is 0 Å². The highest BCUT2D eigenvalue weighted by molar-refractivity contribution is 7.14. The number of rotatable bonds is 3. The van der Waals surface area contributed by atoms with Crippen molar-refractivity contribution in [2.45, 2.75) is 13.0 Å². The molecule has 13 heavy (non-hydrogen) atoms. The van der Waals surface area contributed by atoms with E-state index in [4.69, 9.17) is 22.1 Å². The molecule has 0 aliphatic heterocycles. The molecule has 0 spiro atoms. The molecule has 3 nitrogen and oxygen atoms in total. The van der Waals surface area contributed by atoms with E-state index >= 15 is 0 Å². The van der Waals surface area contributed by atoms with Crippen molar-refractivity contribution >= 4 is 29.0 Å². The molecule has 0 saturated heterocycles. The molecule has 0 radical (unpaired) electrons. The van der Waals surface area contributed by atoms with Crippen LogP contribution in [0.4, 0.5) is 0 Å². The summed E-state index contributed by atoms with van der Waals surface area (Å²) in [4.78, 5) is 4.85. The number of nitrogens with two attached hydrogens (primary N) is 1. The second-order valence-electron chi connectivity index (χ2n) is 2.56. The van der Waals surface area contributed by atoms with E-state index in [1.54, 1.807) is 7.11 Å². The van der Waals surface area contributed by atoms with Crippen molar-refractivity contribution in [1.29, 1.82) is 0 Å². The second kappa shape index (κ2) is 4.60. The maximum atomic E-state index is 5.83. The lowest BCUT2D eigenvalue weighted by Crippen LogP contribution is -2.09. The number of aromatic nitrogens is 1. The molecule has 1 unspecified atom stereocenters. The predicted molar refractivity (Wildman–Crippen MR) is 56.4 cm³/mol. The van der Waals surface area contributed by atoms with Crippen LogP contribution in [0.3, 0.4) is 0 Å². The number of hydrogen-bond donors (Lipinski definition) is 1. The summed E-state index contributed by atoms with van der Waals surface area (Å²) in [6.07, 6.45) is 3.71. The van der Waals surface area contributed by atoms with E-state index < -0.39 is 0 Å². The van der Waals surface area contributed by atoms with E-state index in [1.807, 2.05) is 19.1 Å². The van der Waals surface area contributed by atoms with Crippen molar-refractivity contribution in [2.24, 2.45) is 5.73 Å². The van der Waals surface area contributed by atoms with Crippen LogP contribution in [-0.2, 0) is 0 Å². The monoisotopic (exact) mass is 218 g/mol. The number of thiazole rings is 1. The largest absolute Gasteiger partial charge is 0.473 e. The van der Waals surface area contributed by atoms with Crippen molar-refractivity contribution in [3.05, 3.63) is 16.1 Å². The summed E-state index contributed by atoms with van der Waals surface area (Å²) in [7, 11) is 1.56. The lowest BCUT2D eigenvalue weighted by atomic mass is 10.3. The van der Waals surface area contributed by atoms with Gasteiger partial charge in [0.2, 0.25) is 0 Å². The van der Waals surface area contributed by atoms with Gasteiger partial charge in [0.05, 0.1) is 12.0 Å². The minimum absolute atomic E-state index is 0.0177. The lowest BCUT2D eigenvalue weighted by Gasteiger charge is -1.92. The molecule has 1 aromatic rings. The molecule has 0 aromatic carbocycles. The fourth-order valence-corrected chi connectivity index (χ4v) is 1.71. The molecule has 1 heterocycles. The zero-order valence-corrected chi connectivity index (χ0v) is 9.02. The van der Waals surface area contributed by atoms with Gasteiger partial charge in [-0.05, 0) is 13.0 Å². The van der Waals surface area contributed by atoms with Crippen molar-refractivity contribution in [3.63, 3.8) is 0 Å². The Balaban J connectivity index is 2.82. The van der Waals surface area contributed by atoms with E-state index in [0.29, 0.717) is 10.3 Å². The van der Waals surface area contributed by atoms with Crippen LogP contribution in [0.2, 0.25) is 5.15 Å². The summed E-state index contributed by atoms with van der Waals surface area (Å²) in [5.41, 5.74) is 5.55. The Morgan fingerprint density at radius 3 is 2.85 bits per heavy atom. The van der Waals surface area contributed by atoms with Crippen molar-refractivity contribution in [1.82, 2.24) is 4.98 Å². The van der Waals surface area contributed by atoms with Crippen molar-refractivity contribution in [3.8, 4) is 5.19 Å². The summed E-state index contributed by atoms with van der Waals surface area (Å²) >= 11 is 7.23. The van der Waals surface area contributed by atoms with Gasteiger partial charge in [-0.15, -0.1) is 0 Å². The summed E-state index contributed by atoms with van der Waals surface area (Å²) < 4.78 is 4.94. The molecule has 0 amide bonds. The van der Waals surface area contributed by atoms with E-state index in [1.165, 1.54) is 11.3 Å². The number of hydrogen-bond acceptors (Lipinski definition) is 4. The van der Waals surface area contributed by atoms with Gasteiger partial charge < -0.3 is 10.5 Å². The maximum Gasteiger partial charge on any atom is 0.274 e. The Bertz CT molecular complexity index is 309. The van der Waals surface area contributed by atoms with Crippen LogP contribution in [0.15, 0.2) is 6.08 Å². The second-order valence-corrected chi connectivity index (χ2v) is 3.91. The van der Waals surface area contributed by atoms with Crippen LogP contribution in [0.5, 0.6) is 5.19 Å². The summed E-state index contributed by atoms with van der Waals surface area (Å²) in [5, 5.41) is 1.02. The van der Waals surface area contributed by atoms with Gasteiger partial charge in [0.1, 0.15) is 0 Å². The third-order valence-corrected chi connectivity index (χ3v) is 2.70. The van der Waals surface area contributed by atoms with E-state index in [-0.39, 0.29) is 6.04 Å². The molecule has 5 heteroatoms. The Morgan fingerprint density at radius 2 is 2.38 bits per heavy atom. The fraction of sp³-hybridized carbons (Fsp3) is 0.375. The third-order valence-electron chi connectivity index (χ3n) is 1.32. The molecular weight excluding hydrogens is 208 g/mol. The molecule has 0 fully saturated rings. The lowest BCUT2D eigenvalue weighted by molar-refractivity contribution is 0.412. The highest BCUT2D eigenvalue weighted by atomic mass is 35.5. The summed E-state index contributed by atoms with van der Waals surface area (Å²) in [6, 6.07) is 0.0177. The highest BCUT2D eigenvalue weighted by Gasteiger charge is 2.05. The first kappa shape index (κ1) is 10.5. The Labute approximate surface area is 86.2 Å². The smallest absolute Gasteiger partial charge is 0.274 e. The van der Waals surface area contributed by atoms with Crippen LogP contribution < -0.4 is 10.5 Å². The van der Waals surface area contributed by atoms with Crippen LogP contribution in [-0.4, -0.2) is 18.1 Å². The Morgan fingerprint density at radius 1 is 1.69 bits per heavy atom. The van der Waals surface area contributed by atoms with Gasteiger partial charge in [-0.3, -0.25) is 0 Å². The zero-order chi connectivity index (χ0) is 9.84. The third kappa shape index (κ3) is 2.99. The highest BCUT2D eigenvalue weighted by Crippen LogP contribution is 2.29. The Kier molecular flexibility index (Phi) is 3.71. The first-order valence-electron chi connectivity index (χ1n) is 3.77. The van der Waals surface area contributed by atoms with E-state index in [9.17, 15) is 0 Å². The molecule has 0 saturated carbocycles. The van der Waals surface area contributed by atoms with Crippen LogP contribution in [0.1, 0.15) is 11.8 Å². The fourth-order valence-electron chi connectivity index (χ4n) is 0.724. The molecule has 0 aliphatic carbocycles. The quantitative estimate of drug-likeness (QED) is 0.846. The molecule has 72 valence electrons. The normalized spacial score (nSPS) is 13.5. The molecule has 1 aromatic heterocycles. The van der Waals surface area contributed by atoms with E-state index in [0.717, 1.165) is 4.88 Å². The number of methoxy groups -OCH3 is 1. The molecule has 0 bridgehead atoms. The maximum absolute atomic E-state index is 5.83. The predicted octanol–water partition coefficient (Wildman–Crippen LogP) is 2.17. The molecular formula is C8H11ClN2OS. The first-order chi connectivity index (χ1) is 6.13. The van der Waals surface area contributed by atoms with Crippen molar-refractivity contribution < 1.29 is 4.74 Å². The van der Waals surface area contributed by atoms with Gasteiger partial charge in [0.25, 0.3) is 5.19 Å². The molecule has 1 atom stereocenters. The van der Waals surface area contributed by atoms with Gasteiger partial charge in [-0.1, -0.05) is 29.0 Å².